The first-order chi connectivity index (χ1) is 14.7. The van der Waals surface area contributed by atoms with Crippen LogP contribution in [-0.2, 0) is 30.5 Å². The number of carbonyl (C=O) groups is 1. The van der Waals surface area contributed by atoms with Crippen LogP contribution in [-0.4, -0.2) is 24.5 Å². The number of hydrogen-bond donors (Lipinski definition) is 0. The molecule has 0 fully saturated rings. The van der Waals surface area contributed by atoms with Crippen LogP contribution in [0.2, 0.25) is 0 Å². The van der Waals surface area contributed by atoms with Crippen LogP contribution >= 0.6 is 11.3 Å². The fourth-order valence-electron chi connectivity index (χ4n) is 4.96. The highest BCUT2D eigenvalue weighted by Crippen LogP contribution is 2.45. The van der Waals surface area contributed by atoms with E-state index >= 15 is 0 Å². The molecule has 1 atom stereocenters. The quantitative estimate of drug-likeness (QED) is 0.521. The van der Waals surface area contributed by atoms with Crippen molar-refractivity contribution in [3.8, 4) is 0 Å². The van der Waals surface area contributed by atoms with Crippen molar-refractivity contribution in [2.75, 3.05) is 13.7 Å². The molecule has 0 saturated carbocycles. The van der Waals surface area contributed by atoms with Crippen LogP contribution in [0.3, 0.4) is 0 Å². The van der Waals surface area contributed by atoms with Gasteiger partial charge in [-0.15, -0.1) is 11.3 Å². The molecule has 2 aliphatic rings. The fourth-order valence-corrected chi connectivity index (χ4v) is 6.57. The summed E-state index contributed by atoms with van der Waals surface area (Å²) >= 11 is 2.06. The number of esters is 1. The first-order valence-corrected chi connectivity index (χ1v) is 11.7. The Hall–Kier alpha value is -2.43. The average molecular weight is 418 g/mol. The van der Waals surface area contributed by atoms with E-state index in [9.17, 15) is 4.79 Å². The van der Waals surface area contributed by atoms with Gasteiger partial charge in [-0.05, 0) is 66.5 Å². The van der Waals surface area contributed by atoms with Crippen LogP contribution in [0.5, 0.6) is 0 Å². The topological polar surface area (TPSA) is 29.5 Å². The van der Waals surface area contributed by atoms with E-state index in [4.69, 9.17) is 4.74 Å². The van der Waals surface area contributed by atoms with Gasteiger partial charge in [0.1, 0.15) is 0 Å². The molecule has 1 aliphatic carbocycles. The highest BCUT2D eigenvalue weighted by Gasteiger charge is 2.33. The molecule has 3 nitrogen and oxygen atoms in total. The van der Waals surface area contributed by atoms with Crippen LogP contribution in [0, 0.1) is 0 Å². The maximum Gasteiger partial charge on any atom is 0.337 e. The number of nitrogens with zero attached hydrogens (tertiary/aromatic N) is 1. The van der Waals surface area contributed by atoms with Crippen molar-refractivity contribution < 1.29 is 9.53 Å². The molecule has 0 unspecified atom stereocenters. The number of hydrogen-bond acceptors (Lipinski definition) is 4. The van der Waals surface area contributed by atoms with Crippen molar-refractivity contribution in [1.29, 1.82) is 0 Å². The molecule has 30 heavy (non-hydrogen) atoms. The fraction of sp³-hybridized carbons (Fsp3) is 0.346. The second kappa shape index (κ2) is 8.37. The summed E-state index contributed by atoms with van der Waals surface area (Å²) in [7, 11) is 1.42. The standard InChI is InChI=1S/C26H27NO2S/c1-29-26(28)20-13-11-18(12-14-20)17-27-16-15-22-21-9-5-6-10-23(21)30-25(22)24(27)19-7-3-2-4-8-19/h2-4,7-8,11-14,24H,5-6,9-10,15-17H2,1H3/t24-/m1/s1. The van der Waals surface area contributed by atoms with Gasteiger partial charge in [0.15, 0.2) is 0 Å². The highest BCUT2D eigenvalue weighted by molar-refractivity contribution is 7.12. The summed E-state index contributed by atoms with van der Waals surface area (Å²) in [5.74, 6) is -0.282. The molecule has 2 aromatic carbocycles. The lowest BCUT2D eigenvalue weighted by molar-refractivity contribution is 0.0600. The van der Waals surface area contributed by atoms with E-state index in [-0.39, 0.29) is 5.97 Å². The van der Waals surface area contributed by atoms with Gasteiger partial charge in [0.05, 0.1) is 18.7 Å². The van der Waals surface area contributed by atoms with Gasteiger partial charge in [-0.2, -0.15) is 0 Å². The van der Waals surface area contributed by atoms with E-state index < -0.39 is 0 Å². The van der Waals surface area contributed by atoms with Crippen molar-refractivity contribution >= 4 is 17.3 Å². The molecule has 0 bridgehead atoms. The van der Waals surface area contributed by atoms with Crippen LogP contribution in [0.15, 0.2) is 54.6 Å². The minimum Gasteiger partial charge on any atom is -0.465 e. The lowest BCUT2D eigenvalue weighted by Crippen LogP contribution is -2.35. The smallest absolute Gasteiger partial charge is 0.337 e. The van der Waals surface area contributed by atoms with Gasteiger partial charge >= 0.3 is 5.97 Å². The Kier molecular flexibility index (Phi) is 5.45. The number of benzene rings is 2. The molecule has 0 saturated heterocycles. The lowest BCUT2D eigenvalue weighted by Gasteiger charge is -2.36. The third-order valence-electron chi connectivity index (χ3n) is 6.45. The molecule has 1 aliphatic heterocycles. The Bertz CT molecular complexity index is 1040. The molecule has 0 amide bonds. The number of carbonyl (C=O) groups excluding carboxylic acids is 1. The second-order valence-electron chi connectivity index (χ2n) is 8.28. The lowest BCUT2D eigenvalue weighted by atomic mass is 9.88. The first kappa shape index (κ1) is 19.5. The molecule has 5 rings (SSSR count). The highest BCUT2D eigenvalue weighted by atomic mass is 32.1. The SMILES string of the molecule is COC(=O)c1ccc(CN2CCc3c(sc4c3CCCC4)[C@H]2c2ccccc2)cc1. The van der Waals surface area contributed by atoms with Gasteiger partial charge in [0.25, 0.3) is 0 Å². The minimum absolute atomic E-state index is 0.282. The summed E-state index contributed by atoms with van der Waals surface area (Å²) in [6, 6.07) is 19.1. The van der Waals surface area contributed by atoms with Crippen LogP contribution in [0.25, 0.3) is 0 Å². The molecular formula is C26H27NO2S. The Morgan fingerprint density at radius 1 is 1.00 bits per heavy atom. The number of aryl methyl sites for hydroxylation is 1. The van der Waals surface area contributed by atoms with Crippen molar-refractivity contribution in [3.63, 3.8) is 0 Å². The maximum absolute atomic E-state index is 11.8. The number of thiophene rings is 1. The van der Waals surface area contributed by atoms with Crippen LogP contribution in [0.1, 0.15) is 61.2 Å². The number of fused-ring (bicyclic) bond motifs is 3. The van der Waals surface area contributed by atoms with E-state index in [0.29, 0.717) is 11.6 Å². The zero-order chi connectivity index (χ0) is 20.5. The van der Waals surface area contributed by atoms with E-state index in [2.05, 4.69) is 58.7 Å². The summed E-state index contributed by atoms with van der Waals surface area (Å²) in [4.78, 5) is 17.6. The van der Waals surface area contributed by atoms with Gasteiger partial charge in [0, 0.05) is 22.8 Å². The minimum atomic E-state index is -0.282. The largest absolute Gasteiger partial charge is 0.465 e. The van der Waals surface area contributed by atoms with Gasteiger partial charge in [-0.3, -0.25) is 4.90 Å². The normalized spacial score (nSPS) is 18.5. The zero-order valence-electron chi connectivity index (χ0n) is 17.4. The molecule has 4 heteroatoms. The molecule has 2 heterocycles. The summed E-state index contributed by atoms with van der Waals surface area (Å²) in [6.07, 6.45) is 6.33. The van der Waals surface area contributed by atoms with Gasteiger partial charge < -0.3 is 4.74 Å². The predicted octanol–water partition coefficient (Wildman–Crippen LogP) is 5.56. The second-order valence-corrected chi connectivity index (χ2v) is 9.41. The van der Waals surface area contributed by atoms with Crippen molar-refractivity contribution in [3.05, 3.63) is 92.2 Å². The Labute approximate surface area is 182 Å². The predicted molar refractivity (Wildman–Crippen MR) is 121 cm³/mol. The number of ether oxygens (including phenoxy) is 1. The number of methoxy groups -OCH3 is 1. The van der Waals surface area contributed by atoms with E-state index in [1.54, 1.807) is 20.9 Å². The molecule has 0 radical (unpaired) electrons. The van der Waals surface area contributed by atoms with Crippen LogP contribution in [0.4, 0.5) is 0 Å². The Morgan fingerprint density at radius 2 is 1.77 bits per heavy atom. The third kappa shape index (κ3) is 3.59. The monoisotopic (exact) mass is 417 g/mol. The van der Waals surface area contributed by atoms with Gasteiger partial charge in [-0.25, -0.2) is 4.79 Å². The summed E-state index contributed by atoms with van der Waals surface area (Å²) in [6.45, 7) is 1.94. The van der Waals surface area contributed by atoms with Crippen molar-refractivity contribution in [2.24, 2.45) is 0 Å². The zero-order valence-corrected chi connectivity index (χ0v) is 18.2. The maximum atomic E-state index is 11.8. The summed E-state index contributed by atoms with van der Waals surface area (Å²) < 4.78 is 4.83. The average Bonchev–Trinajstić information content (AvgIpc) is 3.18. The molecule has 3 aromatic rings. The Morgan fingerprint density at radius 3 is 2.53 bits per heavy atom. The first-order valence-electron chi connectivity index (χ1n) is 10.8. The van der Waals surface area contributed by atoms with Crippen LogP contribution < -0.4 is 0 Å². The third-order valence-corrected chi connectivity index (χ3v) is 7.84. The summed E-state index contributed by atoms with van der Waals surface area (Å²) in [5, 5.41) is 0. The van der Waals surface area contributed by atoms with Gasteiger partial charge in [0.2, 0.25) is 0 Å². The van der Waals surface area contributed by atoms with E-state index in [1.165, 1.54) is 43.9 Å². The summed E-state index contributed by atoms with van der Waals surface area (Å²) in [5.41, 5.74) is 6.52. The molecule has 1 aromatic heterocycles. The van der Waals surface area contributed by atoms with Crippen molar-refractivity contribution in [2.45, 2.75) is 44.7 Å². The van der Waals surface area contributed by atoms with Crippen molar-refractivity contribution in [1.82, 2.24) is 4.90 Å². The molecule has 154 valence electrons. The number of rotatable bonds is 4. The van der Waals surface area contributed by atoms with E-state index in [1.807, 2.05) is 12.1 Å². The molecular weight excluding hydrogens is 390 g/mol. The van der Waals surface area contributed by atoms with Gasteiger partial charge in [-0.1, -0.05) is 42.5 Å². The molecule has 0 spiro atoms. The van der Waals surface area contributed by atoms with E-state index in [0.717, 1.165) is 19.5 Å². The molecule has 0 N–H and O–H groups in total. The Balaban J connectivity index is 1.49.